The van der Waals surface area contributed by atoms with Crippen molar-refractivity contribution in [2.75, 3.05) is 6.61 Å². The average Bonchev–Trinajstić information content (AvgIpc) is 3.53. The molecule has 0 spiro atoms. The van der Waals surface area contributed by atoms with Crippen molar-refractivity contribution in [2.24, 2.45) is 28.6 Å². The molecule has 1 saturated heterocycles. The lowest BCUT2D eigenvalue weighted by Crippen LogP contribution is -2.63. The van der Waals surface area contributed by atoms with E-state index in [9.17, 15) is 29.3 Å². The van der Waals surface area contributed by atoms with E-state index in [2.05, 4.69) is 6.92 Å². The third-order valence-corrected chi connectivity index (χ3v) is 12.1. The first-order valence-corrected chi connectivity index (χ1v) is 17.2. The summed E-state index contributed by atoms with van der Waals surface area (Å²) in [6, 6.07) is 15.6. The van der Waals surface area contributed by atoms with Gasteiger partial charge in [-0.15, -0.1) is 9.42 Å². The third-order valence-electron chi connectivity index (χ3n) is 11.8. The zero-order valence-electron chi connectivity index (χ0n) is 26.0. The Bertz CT molecular complexity index is 1630. The highest BCUT2D eigenvalue weighted by molar-refractivity contribution is 7.32. The van der Waals surface area contributed by atoms with Crippen LogP contribution in [0.15, 0.2) is 72.3 Å². The van der Waals surface area contributed by atoms with Gasteiger partial charge in [-0.05, 0) is 72.8 Å². The first-order valence-electron chi connectivity index (χ1n) is 16.0. The maximum Gasteiger partial charge on any atom is 0.695 e. The molecule has 1 aliphatic heterocycles. The van der Waals surface area contributed by atoms with Crippen molar-refractivity contribution in [1.82, 2.24) is 0 Å². The molecule has 0 bridgehead atoms. The average molecular weight is 648 g/mol. The molecule has 2 aromatic rings. The predicted molar refractivity (Wildman–Crippen MR) is 167 cm³/mol. The molecule has 4 fully saturated rings. The molecule has 46 heavy (non-hydrogen) atoms. The van der Waals surface area contributed by atoms with Gasteiger partial charge in [0.05, 0.1) is 18.8 Å². The number of benzene rings is 2. The number of ether oxygens (including phenoxy) is 2. The Balaban J connectivity index is 1.21. The van der Waals surface area contributed by atoms with E-state index in [1.807, 2.05) is 61.5 Å². The lowest BCUT2D eigenvalue weighted by molar-refractivity contribution is -0.200. The van der Waals surface area contributed by atoms with Crippen LogP contribution in [0.5, 0.6) is 0 Å². The molecule has 7 rings (SSSR count). The number of hydrogen-bond donors (Lipinski definition) is 3. The van der Waals surface area contributed by atoms with Crippen molar-refractivity contribution in [2.45, 2.75) is 76.7 Å². The smallest absolute Gasteiger partial charge is 0.393 e. The van der Waals surface area contributed by atoms with Gasteiger partial charge in [-0.3, -0.25) is 9.59 Å². The highest BCUT2D eigenvalue weighted by atomic mass is 31.1. The van der Waals surface area contributed by atoms with E-state index in [1.165, 1.54) is 0 Å². The Kier molecular flexibility index (Phi) is 8.04. The van der Waals surface area contributed by atoms with Gasteiger partial charge < -0.3 is 19.7 Å². The maximum absolute atomic E-state index is 14.2. The molecule has 0 radical (unpaired) electrons. The van der Waals surface area contributed by atoms with Gasteiger partial charge in [0.25, 0.3) is 0 Å². The second kappa shape index (κ2) is 11.7. The van der Waals surface area contributed by atoms with Gasteiger partial charge >= 0.3 is 8.25 Å². The summed E-state index contributed by atoms with van der Waals surface area (Å²) < 4.78 is 29.9. The molecule has 242 valence electrons. The van der Waals surface area contributed by atoms with Crippen LogP contribution < -0.4 is 0 Å². The number of aliphatic hydroxyl groups excluding tert-OH is 2. The second-order valence-corrected chi connectivity index (χ2v) is 14.8. The predicted octanol–water partition coefficient (Wildman–Crippen LogP) is 5.05. The summed E-state index contributed by atoms with van der Waals surface area (Å²) in [5.41, 5.74) is 1.95. The molecule has 3 N–H and O–H groups in total. The van der Waals surface area contributed by atoms with Crippen LogP contribution in [0, 0.1) is 28.6 Å². The highest BCUT2D eigenvalue weighted by Gasteiger charge is 2.76. The third kappa shape index (κ3) is 4.91. The normalized spacial score (nSPS) is 38.0. The van der Waals surface area contributed by atoms with Gasteiger partial charge in [-0.2, -0.15) is 0 Å². The van der Waals surface area contributed by atoms with Crippen LogP contribution in [0.3, 0.4) is 0 Å². The molecule has 9 nitrogen and oxygen atoms in total. The van der Waals surface area contributed by atoms with Gasteiger partial charge in [0.15, 0.2) is 30.1 Å². The van der Waals surface area contributed by atoms with E-state index in [0.717, 1.165) is 40.7 Å². The van der Waals surface area contributed by atoms with Crippen LogP contribution in [0.4, 0.5) is 0 Å². The Hall–Kier alpha value is -2.88. The standard InChI is InChI=1S/C36H39O9P/c1-34-13-12-26(38)16-25(34)10-11-27-28-17-31-36(30(40)20-43-46(41)42,35(28,2)18-29(39)32(27)34)45-33(44-31)24-5-3-4-23(15-24)14-21-6-8-22(19-37)9-7-21/h3-9,12-13,15-16,27-29,31-33,37,39H,10-11,14,17-20H2,1-2H3/p+1/t27-,28-,29-,31+,32+,33+,34-,35-,36+/m0/s1. The van der Waals surface area contributed by atoms with Gasteiger partial charge in [0.2, 0.25) is 0 Å². The molecule has 1 heterocycles. The van der Waals surface area contributed by atoms with Gasteiger partial charge in [0, 0.05) is 26.9 Å². The fourth-order valence-corrected chi connectivity index (χ4v) is 10.0. The van der Waals surface area contributed by atoms with Crippen LogP contribution >= 0.6 is 8.25 Å². The van der Waals surface area contributed by atoms with Crippen molar-refractivity contribution < 1.29 is 43.3 Å². The minimum atomic E-state index is -3.00. The van der Waals surface area contributed by atoms with E-state index < -0.39 is 55.6 Å². The number of Topliss-reactive ketones (excluding diaryl/α,β-unsaturated/α-hetero) is 1. The molecule has 3 saturated carbocycles. The van der Waals surface area contributed by atoms with Crippen LogP contribution in [-0.4, -0.2) is 51.1 Å². The fraction of sp³-hybridized carbons (Fsp3) is 0.500. The Labute approximate surface area is 269 Å². The molecule has 2 aromatic carbocycles. The number of rotatable bonds is 8. The molecule has 10 atom stereocenters. The van der Waals surface area contributed by atoms with E-state index in [0.29, 0.717) is 12.8 Å². The number of allylic oxidation sites excluding steroid dienone is 4. The van der Waals surface area contributed by atoms with Gasteiger partial charge in [-0.1, -0.05) is 74.0 Å². The number of fused-ring (bicyclic) bond motifs is 7. The summed E-state index contributed by atoms with van der Waals surface area (Å²) in [5.74, 6) is -0.608. The zero-order chi connectivity index (χ0) is 32.4. The van der Waals surface area contributed by atoms with Crippen LogP contribution in [0.25, 0.3) is 0 Å². The molecule has 4 aliphatic carbocycles. The molecule has 10 heteroatoms. The van der Waals surface area contributed by atoms with Crippen molar-refractivity contribution in [3.05, 3.63) is 94.6 Å². The van der Waals surface area contributed by atoms with E-state index in [4.69, 9.17) is 14.0 Å². The Morgan fingerprint density at radius 3 is 2.61 bits per heavy atom. The minimum Gasteiger partial charge on any atom is -0.393 e. The van der Waals surface area contributed by atoms with Crippen molar-refractivity contribution in [3.63, 3.8) is 0 Å². The Morgan fingerprint density at radius 2 is 1.87 bits per heavy atom. The first-order chi connectivity index (χ1) is 22.0. The van der Waals surface area contributed by atoms with E-state index in [-0.39, 0.29) is 36.6 Å². The topological polar surface area (TPSA) is 140 Å². The van der Waals surface area contributed by atoms with Gasteiger partial charge in [0.1, 0.15) is 0 Å². The molecule has 0 amide bonds. The fourth-order valence-electron chi connectivity index (χ4n) is 9.79. The largest absolute Gasteiger partial charge is 0.695 e. The van der Waals surface area contributed by atoms with E-state index in [1.54, 1.807) is 12.2 Å². The number of carbonyl (C=O) groups is 2. The molecular weight excluding hydrogens is 607 g/mol. The van der Waals surface area contributed by atoms with Crippen LogP contribution in [0.1, 0.15) is 68.1 Å². The summed E-state index contributed by atoms with van der Waals surface area (Å²) in [5, 5.41) is 21.3. The SMILES string of the molecule is C[C@]12C=CC(=O)C=C1CC[C@@H]1[C@@H]2[C@@H](O)C[C@@]2(C)[C@H]1C[C@H]1O[C@@H](c3cccc(Cc4ccc(CO)cc4)c3)O[C@]12C(=O)CO[P+](=O)O. The molecule has 5 aliphatic rings. The maximum atomic E-state index is 14.2. The lowest BCUT2D eigenvalue weighted by atomic mass is 9.46. The van der Waals surface area contributed by atoms with Crippen molar-refractivity contribution in [3.8, 4) is 0 Å². The van der Waals surface area contributed by atoms with E-state index >= 15 is 0 Å². The van der Waals surface area contributed by atoms with Crippen molar-refractivity contribution >= 4 is 19.8 Å². The number of ketones is 2. The summed E-state index contributed by atoms with van der Waals surface area (Å²) in [6.07, 6.45) is 5.95. The Morgan fingerprint density at radius 1 is 1.11 bits per heavy atom. The lowest BCUT2D eigenvalue weighted by Gasteiger charge is -2.59. The summed E-state index contributed by atoms with van der Waals surface area (Å²) in [6.45, 7) is 3.48. The molecular formula is C36H40O9P+. The van der Waals surface area contributed by atoms with Crippen LogP contribution in [-0.2, 0) is 41.2 Å². The minimum absolute atomic E-state index is 0.0126. The highest BCUT2D eigenvalue weighted by Crippen LogP contribution is 2.70. The zero-order valence-corrected chi connectivity index (χ0v) is 26.9. The number of aliphatic hydroxyl groups is 2. The number of hydrogen-bond acceptors (Lipinski definition) is 8. The van der Waals surface area contributed by atoms with Crippen molar-refractivity contribution in [1.29, 1.82) is 0 Å². The second-order valence-electron chi connectivity index (χ2n) is 14.1. The number of carbonyl (C=O) groups excluding carboxylic acids is 2. The van der Waals surface area contributed by atoms with Crippen LogP contribution in [0.2, 0.25) is 0 Å². The summed E-state index contributed by atoms with van der Waals surface area (Å²) in [7, 11) is -3.00. The van der Waals surface area contributed by atoms with Gasteiger partial charge in [-0.25, -0.2) is 0 Å². The quantitative estimate of drug-likeness (QED) is 0.336. The molecule has 0 aromatic heterocycles. The summed E-state index contributed by atoms with van der Waals surface area (Å²) in [4.78, 5) is 35.9. The molecule has 1 unspecified atom stereocenters. The monoisotopic (exact) mass is 647 g/mol. The summed E-state index contributed by atoms with van der Waals surface area (Å²) >= 11 is 0. The first kappa shape index (κ1) is 31.7.